The lowest BCUT2D eigenvalue weighted by Gasteiger charge is -2.11. The van der Waals surface area contributed by atoms with Gasteiger partial charge in [0.05, 0.1) is 6.42 Å². The van der Waals surface area contributed by atoms with Crippen molar-refractivity contribution in [1.82, 2.24) is 10.3 Å². The largest absolute Gasteiger partial charge is 0.481 e. The van der Waals surface area contributed by atoms with E-state index in [0.29, 0.717) is 0 Å². The van der Waals surface area contributed by atoms with E-state index in [1.165, 1.54) is 18.3 Å². The van der Waals surface area contributed by atoms with Gasteiger partial charge in [0.2, 0.25) is 0 Å². The van der Waals surface area contributed by atoms with Crippen LogP contribution in [0.4, 0.5) is 0 Å². The molecular formula is C10H10N2O6. The van der Waals surface area contributed by atoms with Gasteiger partial charge in [0.15, 0.2) is 0 Å². The van der Waals surface area contributed by atoms with Crippen LogP contribution in [0.3, 0.4) is 0 Å². The summed E-state index contributed by atoms with van der Waals surface area (Å²) in [6.07, 6.45) is 0.539. The standard InChI is InChI=1S/C10H10N2O6/c13-7(14)4-6(10(17)18)12-9(16)5-2-1-3-11-8(5)15/h1-3,6H,4H2,(H,11,15)(H,12,16)(H,13,14)(H,17,18)/t6-/m1/s1. The number of pyridine rings is 1. The Kier molecular flexibility index (Phi) is 4.19. The molecule has 0 spiro atoms. The summed E-state index contributed by atoms with van der Waals surface area (Å²) in [6, 6.07) is 1.01. The predicted molar refractivity (Wildman–Crippen MR) is 58.2 cm³/mol. The van der Waals surface area contributed by atoms with Crippen LogP contribution in [-0.2, 0) is 9.59 Å². The first kappa shape index (κ1) is 13.4. The zero-order valence-corrected chi connectivity index (χ0v) is 9.04. The van der Waals surface area contributed by atoms with Crippen LogP contribution in [0.15, 0.2) is 23.1 Å². The van der Waals surface area contributed by atoms with Gasteiger partial charge in [0.1, 0.15) is 11.6 Å². The van der Waals surface area contributed by atoms with Gasteiger partial charge in [0, 0.05) is 6.20 Å². The Hall–Kier alpha value is -2.64. The van der Waals surface area contributed by atoms with Crippen molar-refractivity contribution in [3.63, 3.8) is 0 Å². The van der Waals surface area contributed by atoms with Crippen molar-refractivity contribution < 1.29 is 24.6 Å². The van der Waals surface area contributed by atoms with Gasteiger partial charge in [0.25, 0.3) is 11.5 Å². The molecule has 0 aliphatic heterocycles. The van der Waals surface area contributed by atoms with Crippen LogP contribution in [0.2, 0.25) is 0 Å². The first-order valence-corrected chi connectivity index (χ1v) is 4.85. The summed E-state index contributed by atoms with van der Waals surface area (Å²) < 4.78 is 0. The maximum absolute atomic E-state index is 11.6. The molecule has 1 heterocycles. The molecule has 8 heteroatoms. The fraction of sp³-hybridized carbons (Fsp3) is 0.200. The minimum absolute atomic E-state index is 0.283. The minimum Gasteiger partial charge on any atom is -0.481 e. The Labute approximate surface area is 100 Å². The molecule has 0 bridgehead atoms. The molecular weight excluding hydrogens is 244 g/mol. The van der Waals surface area contributed by atoms with Gasteiger partial charge in [-0.3, -0.25) is 14.4 Å². The van der Waals surface area contributed by atoms with Gasteiger partial charge in [-0.25, -0.2) is 4.79 Å². The molecule has 1 amide bonds. The zero-order valence-electron chi connectivity index (χ0n) is 9.04. The van der Waals surface area contributed by atoms with Crippen LogP contribution >= 0.6 is 0 Å². The van der Waals surface area contributed by atoms with E-state index in [2.05, 4.69) is 4.98 Å². The van der Waals surface area contributed by atoms with E-state index >= 15 is 0 Å². The molecule has 0 saturated heterocycles. The minimum atomic E-state index is -1.59. The lowest BCUT2D eigenvalue weighted by atomic mass is 10.2. The van der Waals surface area contributed by atoms with Gasteiger partial charge in [-0.2, -0.15) is 0 Å². The van der Waals surface area contributed by atoms with Crippen LogP contribution in [0.1, 0.15) is 16.8 Å². The lowest BCUT2D eigenvalue weighted by molar-refractivity contribution is -0.145. The molecule has 1 atom stereocenters. The summed E-state index contributed by atoms with van der Waals surface area (Å²) in [5.74, 6) is -3.80. The van der Waals surface area contributed by atoms with Gasteiger partial charge >= 0.3 is 11.9 Å². The number of carbonyl (C=O) groups excluding carboxylic acids is 1. The Bertz CT molecular complexity index is 535. The van der Waals surface area contributed by atoms with Crippen LogP contribution in [0, 0.1) is 0 Å². The predicted octanol–water partition coefficient (Wildman–Crippen LogP) is -0.967. The second-order valence-electron chi connectivity index (χ2n) is 3.38. The molecule has 0 aliphatic rings. The third kappa shape index (κ3) is 3.44. The number of hydrogen-bond donors (Lipinski definition) is 4. The molecule has 18 heavy (non-hydrogen) atoms. The number of carboxylic acids is 2. The summed E-state index contributed by atoms with van der Waals surface area (Å²) in [5.41, 5.74) is -0.969. The molecule has 8 nitrogen and oxygen atoms in total. The van der Waals surface area contributed by atoms with Crippen molar-refractivity contribution in [3.8, 4) is 0 Å². The van der Waals surface area contributed by atoms with Gasteiger partial charge in [-0.05, 0) is 12.1 Å². The Morgan fingerprint density at radius 1 is 1.33 bits per heavy atom. The number of carboxylic acid groups (broad SMARTS) is 2. The van der Waals surface area contributed by atoms with E-state index in [4.69, 9.17) is 10.2 Å². The Balaban J connectivity index is 2.85. The van der Waals surface area contributed by atoms with E-state index in [1.54, 1.807) is 0 Å². The highest BCUT2D eigenvalue weighted by Gasteiger charge is 2.24. The number of carbonyl (C=O) groups is 3. The number of hydrogen-bond acceptors (Lipinski definition) is 4. The zero-order chi connectivity index (χ0) is 13.7. The van der Waals surface area contributed by atoms with Gasteiger partial charge in [-0.1, -0.05) is 0 Å². The average Bonchev–Trinajstić information content (AvgIpc) is 2.27. The number of nitrogens with one attached hydrogen (secondary N) is 2. The van der Waals surface area contributed by atoms with Crippen molar-refractivity contribution >= 4 is 17.8 Å². The average molecular weight is 254 g/mol. The summed E-state index contributed by atoms with van der Waals surface area (Å²) >= 11 is 0. The molecule has 96 valence electrons. The third-order valence-electron chi connectivity index (χ3n) is 2.04. The van der Waals surface area contributed by atoms with Crippen molar-refractivity contribution in [3.05, 3.63) is 34.2 Å². The highest BCUT2D eigenvalue weighted by Crippen LogP contribution is 1.96. The third-order valence-corrected chi connectivity index (χ3v) is 2.04. The molecule has 1 rings (SSSR count). The van der Waals surface area contributed by atoms with Crippen molar-refractivity contribution in [1.29, 1.82) is 0 Å². The summed E-state index contributed by atoms with van der Waals surface area (Å²) in [4.78, 5) is 46.2. The fourth-order valence-corrected chi connectivity index (χ4v) is 1.21. The van der Waals surface area contributed by atoms with Crippen molar-refractivity contribution in [2.75, 3.05) is 0 Å². The van der Waals surface area contributed by atoms with Gasteiger partial charge < -0.3 is 20.5 Å². The number of H-pyrrole nitrogens is 1. The fourth-order valence-electron chi connectivity index (χ4n) is 1.21. The molecule has 0 saturated carbocycles. The number of aromatic amines is 1. The van der Waals surface area contributed by atoms with Crippen molar-refractivity contribution in [2.45, 2.75) is 12.5 Å². The van der Waals surface area contributed by atoms with Crippen LogP contribution in [0.5, 0.6) is 0 Å². The maximum Gasteiger partial charge on any atom is 0.326 e. The summed E-state index contributed by atoms with van der Waals surface area (Å²) in [5, 5.41) is 19.2. The molecule has 0 aromatic carbocycles. The molecule has 0 radical (unpaired) electrons. The first-order chi connectivity index (χ1) is 8.41. The molecule has 0 fully saturated rings. The first-order valence-electron chi connectivity index (χ1n) is 4.85. The topological polar surface area (TPSA) is 137 Å². The Morgan fingerprint density at radius 3 is 2.50 bits per heavy atom. The van der Waals surface area contributed by atoms with Crippen LogP contribution < -0.4 is 10.9 Å². The van der Waals surface area contributed by atoms with Crippen molar-refractivity contribution in [2.24, 2.45) is 0 Å². The molecule has 4 N–H and O–H groups in total. The number of rotatable bonds is 5. The van der Waals surface area contributed by atoms with E-state index in [-0.39, 0.29) is 5.56 Å². The van der Waals surface area contributed by atoms with Crippen LogP contribution in [0.25, 0.3) is 0 Å². The smallest absolute Gasteiger partial charge is 0.326 e. The normalized spacial score (nSPS) is 11.6. The van der Waals surface area contributed by atoms with E-state index in [0.717, 1.165) is 0 Å². The quantitative estimate of drug-likeness (QED) is 0.533. The monoisotopic (exact) mass is 254 g/mol. The van der Waals surface area contributed by atoms with E-state index in [1.807, 2.05) is 5.32 Å². The molecule has 0 unspecified atom stereocenters. The highest BCUT2D eigenvalue weighted by atomic mass is 16.4. The number of aromatic nitrogens is 1. The maximum atomic E-state index is 11.6. The highest BCUT2D eigenvalue weighted by molar-refractivity contribution is 5.96. The lowest BCUT2D eigenvalue weighted by Crippen LogP contribution is -2.43. The second kappa shape index (κ2) is 5.62. The van der Waals surface area contributed by atoms with E-state index < -0.39 is 35.9 Å². The summed E-state index contributed by atoms with van der Waals surface area (Å²) in [6.45, 7) is 0. The second-order valence-corrected chi connectivity index (χ2v) is 3.38. The van der Waals surface area contributed by atoms with Crippen LogP contribution in [-0.4, -0.2) is 39.1 Å². The van der Waals surface area contributed by atoms with E-state index in [9.17, 15) is 19.2 Å². The summed E-state index contributed by atoms with van der Waals surface area (Å²) in [7, 11) is 0. The number of amides is 1. The Morgan fingerprint density at radius 2 is 2.00 bits per heavy atom. The molecule has 0 aliphatic carbocycles. The SMILES string of the molecule is O=C(O)C[C@@H](NC(=O)c1ccc[nH]c1=O)C(=O)O. The van der Waals surface area contributed by atoms with Gasteiger partial charge in [-0.15, -0.1) is 0 Å². The molecule has 1 aromatic rings. The number of aliphatic carboxylic acids is 2. The molecule has 1 aromatic heterocycles.